The minimum Gasteiger partial charge on any atom is -0.465 e. The second kappa shape index (κ2) is 7.65. The molecule has 0 aromatic carbocycles. The fraction of sp³-hybridized carbons (Fsp3) is 0.400. The van der Waals surface area contributed by atoms with Gasteiger partial charge in [-0.2, -0.15) is 0 Å². The molecule has 1 N–H and O–H groups in total. The van der Waals surface area contributed by atoms with E-state index >= 15 is 0 Å². The van der Waals surface area contributed by atoms with E-state index in [9.17, 15) is 9.59 Å². The van der Waals surface area contributed by atoms with E-state index in [0.29, 0.717) is 17.0 Å². The van der Waals surface area contributed by atoms with Crippen LogP contribution in [0.4, 0.5) is 5.00 Å². The molecule has 1 amide bonds. The first-order chi connectivity index (χ1) is 11.0. The number of amides is 1. The molecule has 2 heterocycles. The van der Waals surface area contributed by atoms with Gasteiger partial charge in [-0.05, 0) is 18.9 Å². The zero-order valence-corrected chi connectivity index (χ0v) is 15.1. The van der Waals surface area contributed by atoms with Crippen molar-refractivity contribution in [2.75, 3.05) is 18.2 Å². The van der Waals surface area contributed by atoms with Gasteiger partial charge in [0.25, 0.3) is 0 Å². The van der Waals surface area contributed by atoms with Crippen LogP contribution in [0.5, 0.6) is 0 Å². The molecule has 0 spiro atoms. The first-order valence-corrected chi connectivity index (χ1v) is 8.88. The summed E-state index contributed by atoms with van der Waals surface area (Å²) in [5, 5.41) is 4.15. The van der Waals surface area contributed by atoms with Gasteiger partial charge in [0.05, 0.1) is 18.4 Å². The fourth-order valence-corrected chi connectivity index (χ4v) is 4.08. The molecule has 2 aromatic rings. The number of nitrogens with one attached hydrogen (secondary N) is 1. The third-order valence-electron chi connectivity index (χ3n) is 3.31. The lowest BCUT2D eigenvalue weighted by molar-refractivity contribution is -0.113. The van der Waals surface area contributed by atoms with Crippen LogP contribution >= 0.6 is 23.1 Å². The molecule has 2 aromatic heterocycles. The summed E-state index contributed by atoms with van der Waals surface area (Å²) < 4.78 is 6.70. The maximum atomic E-state index is 12.2. The Balaban J connectivity index is 2.11. The highest BCUT2D eigenvalue weighted by Crippen LogP contribution is 2.34. The number of imidazole rings is 1. The third kappa shape index (κ3) is 3.94. The Morgan fingerprint density at radius 1 is 1.48 bits per heavy atom. The van der Waals surface area contributed by atoms with Gasteiger partial charge in [-0.3, -0.25) is 4.79 Å². The number of methoxy groups -OCH3 is 1. The number of thioether (sulfide) groups is 1. The number of thiophene rings is 1. The molecule has 6 nitrogen and oxygen atoms in total. The summed E-state index contributed by atoms with van der Waals surface area (Å²) in [7, 11) is 3.22. The van der Waals surface area contributed by atoms with Crippen LogP contribution in [0.1, 0.15) is 27.7 Å². The summed E-state index contributed by atoms with van der Waals surface area (Å²) in [5.41, 5.74) is 1.39. The number of ether oxygens (including phenoxy) is 1. The van der Waals surface area contributed by atoms with E-state index in [1.54, 1.807) is 6.20 Å². The Bertz CT molecular complexity index is 722. The monoisotopic (exact) mass is 353 g/mol. The van der Waals surface area contributed by atoms with E-state index in [1.165, 1.54) is 30.2 Å². The van der Waals surface area contributed by atoms with E-state index in [4.69, 9.17) is 4.74 Å². The number of esters is 1. The summed E-state index contributed by atoms with van der Waals surface area (Å²) in [6, 6.07) is 0. The lowest BCUT2D eigenvalue weighted by Crippen LogP contribution is -2.16. The number of carbonyl (C=O) groups excluding carboxylic acids is 2. The number of aromatic nitrogens is 2. The van der Waals surface area contributed by atoms with E-state index in [-0.39, 0.29) is 11.7 Å². The molecule has 0 bridgehead atoms. The van der Waals surface area contributed by atoms with Crippen LogP contribution in [0.15, 0.2) is 17.6 Å². The summed E-state index contributed by atoms with van der Waals surface area (Å²) in [6.07, 6.45) is 4.22. The molecule has 8 heteroatoms. The summed E-state index contributed by atoms with van der Waals surface area (Å²) in [4.78, 5) is 29.4. The highest BCUT2D eigenvalue weighted by atomic mass is 32.2. The van der Waals surface area contributed by atoms with Crippen LogP contribution in [0.3, 0.4) is 0 Å². The van der Waals surface area contributed by atoms with Gasteiger partial charge in [-0.25, -0.2) is 9.78 Å². The molecular formula is C15H19N3O3S2. The molecule has 0 radical (unpaired) electrons. The average molecular weight is 353 g/mol. The Labute approximate surface area is 143 Å². The number of carbonyl (C=O) groups is 2. The molecule has 0 aliphatic heterocycles. The molecule has 0 unspecified atom stereocenters. The zero-order valence-electron chi connectivity index (χ0n) is 13.5. The molecule has 0 saturated carbocycles. The number of rotatable bonds is 6. The third-order valence-corrected chi connectivity index (χ3v) is 5.44. The highest BCUT2D eigenvalue weighted by Gasteiger charge is 2.23. The van der Waals surface area contributed by atoms with Gasteiger partial charge in [-0.15, -0.1) is 11.3 Å². The topological polar surface area (TPSA) is 73.2 Å². The van der Waals surface area contributed by atoms with Gasteiger partial charge >= 0.3 is 5.97 Å². The van der Waals surface area contributed by atoms with Crippen LogP contribution in [-0.4, -0.2) is 34.3 Å². The Hall–Kier alpha value is -1.80. The fourth-order valence-electron chi connectivity index (χ4n) is 2.19. The number of hydrogen-bond acceptors (Lipinski definition) is 6. The molecular weight excluding hydrogens is 334 g/mol. The summed E-state index contributed by atoms with van der Waals surface area (Å²) >= 11 is 2.75. The first kappa shape index (κ1) is 17.6. The van der Waals surface area contributed by atoms with Crippen molar-refractivity contribution >= 4 is 40.0 Å². The van der Waals surface area contributed by atoms with E-state index in [0.717, 1.165) is 15.6 Å². The summed E-state index contributed by atoms with van der Waals surface area (Å²) in [6.45, 7) is 3.91. The number of aryl methyl sites for hydroxylation is 2. The minimum absolute atomic E-state index is 0.174. The molecule has 2 rings (SSSR count). The van der Waals surface area contributed by atoms with Crippen molar-refractivity contribution in [1.29, 1.82) is 0 Å². The number of anilines is 1. The van der Waals surface area contributed by atoms with E-state index < -0.39 is 5.97 Å². The summed E-state index contributed by atoms with van der Waals surface area (Å²) in [5.74, 6) is -0.366. The molecule has 0 saturated heterocycles. The molecule has 23 heavy (non-hydrogen) atoms. The molecule has 0 fully saturated rings. The highest BCUT2D eigenvalue weighted by molar-refractivity contribution is 7.99. The second-order valence-electron chi connectivity index (χ2n) is 4.84. The SMILES string of the molecule is CCc1c(C)sc(NC(=O)CSc2nccn2C)c1C(=O)OC. The minimum atomic E-state index is -0.418. The number of nitrogens with zero attached hydrogens (tertiary/aromatic N) is 2. The predicted octanol–water partition coefficient (Wildman–Crippen LogP) is 2.87. The van der Waals surface area contributed by atoms with Crippen LogP contribution in [0.2, 0.25) is 0 Å². The van der Waals surface area contributed by atoms with Crippen LogP contribution < -0.4 is 5.32 Å². The Morgan fingerprint density at radius 3 is 2.78 bits per heavy atom. The molecule has 0 aliphatic rings. The van der Waals surface area contributed by atoms with Gasteiger partial charge < -0.3 is 14.6 Å². The quantitative estimate of drug-likeness (QED) is 0.638. The van der Waals surface area contributed by atoms with Crippen molar-refractivity contribution in [3.05, 3.63) is 28.4 Å². The van der Waals surface area contributed by atoms with Crippen molar-refractivity contribution in [3.63, 3.8) is 0 Å². The predicted molar refractivity (Wildman–Crippen MR) is 92.3 cm³/mol. The van der Waals surface area contributed by atoms with Gasteiger partial charge in [0.1, 0.15) is 5.00 Å². The van der Waals surface area contributed by atoms with E-state index in [2.05, 4.69) is 10.3 Å². The van der Waals surface area contributed by atoms with Crippen LogP contribution in [-0.2, 0) is 23.0 Å². The lowest BCUT2D eigenvalue weighted by atomic mass is 10.1. The van der Waals surface area contributed by atoms with Crippen molar-refractivity contribution < 1.29 is 14.3 Å². The molecule has 0 aliphatic carbocycles. The van der Waals surface area contributed by atoms with Crippen molar-refractivity contribution in [1.82, 2.24) is 9.55 Å². The standard InChI is InChI=1S/C15H19N3O3S2/c1-5-10-9(2)23-13(12(10)14(20)21-4)17-11(19)8-22-15-16-6-7-18(15)3/h6-7H,5,8H2,1-4H3,(H,17,19). The van der Waals surface area contributed by atoms with Gasteiger partial charge in [-0.1, -0.05) is 18.7 Å². The first-order valence-electron chi connectivity index (χ1n) is 7.08. The number of hydrogen-bond donors (Lipinski definition) is 1. The molecule has 124 valence electrons. The van der Waals surface area contributed by atoms with Crippen molar-refractivity contribution in [2.24, 2.45) is 7.05 Å². The average Bonchev–Trinajstić information content (AvgIpc) is 3.07. The Kier molecular flexibility index (Phi) is 5.84. The van der Waals surface area contributed by atoms with Gasteiger partial charge in [0, 0.05) is 24.3 Å². The Morgan fingerprint density at radius 2 is 2.22 bits per heavy atom. The van der Waals surface area contributed by atoms with Crippen molar-refractivity contribution in [3.8, 4) is 0 Å². The van der Waals surface area contributed by atoms with E-state index in [1.807, 2.05) is 31.7 Å². The van der Waals surface area contributed by atoms with Crippen molar-refractivity contribution in [2.45, 2.75) is 25.4 Å². The lowest BCUT2D eigenvalue weighted by Gasteiger charge is -2.07. The second-order valence-corrected chi connectivity index (χ2v) is 7.01. The normalized spacial score (nSPS) is 10.6. The maximum absolute atomic E-state index is 12.2. The van der Waals surface area contributed by atoms with Crippen LogP contribution in [0.25, 0.3) is 0 Å². The smallest absolute Gasteiger partial charge is 0.341 e. The zero-order chi connectivity index (χ0) is 17.0. The maximum Gasteiger partial charge on any atom is 0.341 e. The molecule has 0 atom stereocenters. The van der Waals surface area contributed by atoms with Gasteiger partial charge in [0.2, 0.25) is 5.91 Å². The largest absolute Gasteiger partial charge is 0.465 e. The van der Waals surface area contributed by atoms with Gasteiger partial charge in [0.15, 0.2) is 5.16 Å². The van der Waals surface area contributed by atoms with Crippen LogP contribution in [0, 0.1) is 6.92 Å².